The van der Waals surface area contributed by atoms with Crippen LogP contribution in [0.5, 0.6) is 0 Å². The van der Waals surface area contributed by atoms with Crippen LogP contribution in [0.2, 0.25) is 0 Å². The minimum atomic E-state index is -0.454. The van der Waals surface area contributed by atoms with Crippen LogP contribution in [0.1, 0.15) is 6.42 Å². The fraction of sp³-hybridized carbons (Fsp3) is 0.667. The second kappa shape index (κ2) is 4.39. The van der Waals surface area contributed by atoms with Gasteiger partial charge in [0.1, 0.15) is 0 Å². The summed E-state index contributed by atoms with van der Waals surface area (Å²) in [6, 6.07) is 0. The lowest BCUT2D eigenvalue weighted by Crippen LogP contribution is -2.34. The van der Waals surface area contributed by atoms with E-state index in [1.165, 1.54) is 11.0 Å². The van der Waals surface area contributed by atoms with E-state index < -0.39 is 6.10 Å². The van der Waals surface area contributed by atoms with Crippen LogP contribution in [0.15, 0.2) is 11.6 Å². The first-order valence-corrected chi connectivity index (χ1v) is 4.42. The van der Waals surface area contributed by atoms with Crippen LogP contribution in [-0.4, -0.2) is 49.2 Å². The molecule has 1 rings (SSSR count). The molecule has 0 aliphatic carbocycles. The van der Waals surface area contributed by atoms with Crippen molar-refractivity contribution in [3.63, 3.8) is 0 Å². The fourth-order valence-corrected chi connectivity index (χ4v) is 1.21. The molecule has 1 unspecified atom stereocenters. The summed E-state index contributed by atoms with van der Waals surface area (Å²) in [6.07, 6.45) is 1.74. The van der Waals surface area contributed by atoms with E-state index in [0.717, 1.165) is 12.1 Å². The standard InChI is InChI=1S/C9H16N2O2/c1-11(2)9(13)5-7-6-10-4-3-8(7)12/h5,8,10,12H,3-4,6H2,1-2H3/b7-5+. The van der Waals surface area contributed by atoms with E-state index in [1.54, 1.807) is 14.1 Å². The van der Waals surface area contributed by atoms with Gasteiger partial charge in [-0.05, 0) is 18.5 Å². The van der Waals surface area contributed by atoms with E-state index in [9.17, 15) is 9.90 Å². The lowest BCUT2D eigenvalue weighted by Gasteiger charge is -2.22. The third-order valence-corrected chi connectivity index (χ3v) is 2.10. The predicted octanol–water partition coefficient (Wildman–Crippen LogP) is -0.645. The third-order valence-electron chi connectivity index (χ3n) is 2.10. The van der Waals surface area contributed by atoms with Gasteiger partial charge in [-0.15, -0.1) is 0 Å². The van der Waals surface area contributed by atoms with Crippen LogP contribution in [0.25, 0.3) is 0 Å². The maximum Gasteiger partial charge on any atom is 0.246 e. The number of carbonyl (C=O) groups is 1. The number of aliphatic hydroxyl groups is 1. The molecule has 1 aliphatic heterocycles. The van der Waals surface area contributed by atoms with Gasteiger partial charge in [0, 0.05) is 26.7 Å². The molecule has 1 aliphatic rings. The molecule has 1 amide bonds. The zero-order valence-corrected chi connectivity index (χ0v) is 8.08. The number of aliphatic hydroxyl groups excluding tert-OH is 1. The Morgan fingerprint density at radius 1 is 1.69 bits per heavy atom. The first kappa shape index (κ1) is 10.2. The van der Waals surface area contributed by atoms with Crippen molar-refractivity contribution in [1.29, 1.82) is 0 Å². The molecule has 0 saturated carbocycles. The van der Waals surface area contributed by atoms with Gasteiger partial charge in [-0.25, -0.2) is 0 Å². The van der Waals surface area contributed by atoms with E-state index >= 15 is 0 Å². The largest absolute Gasteiger partial charge is 0.389 e. The zero-order valence-electron chi connectivity index (χ0n) is 8.08. The van der Waals surface area contributed by atoms with Gasteiger partial charge >= 0.3 is 0 Å². The average molecular weight is 184 g/mol. The van der Waals surface area contributed by atoms with Crippen molar-refractivity contribution in [3.05, 3.63) is 11.6 Å². The van der Waals surface area contributed by atoms with E-state index in [2.05, 4.69) is 5.32 Å². The lowest BCUT2D eigenvalue weighted by atomic mass is 10.0. The molecular weight excluding hydrogens is 168 g/mol. The summed E-state index contributed by atoms with van der Waals surface area (Å²) < 4.78 is 0. The maximum atomic E-state index is 11.3. The van der Waals surface area contributed by atoms with Gasteiger partial charge in [0.2, 0.25) is 5.91 Å². The Hall–Kier alpha value is -0.870. The molecule has 0 bridgehead atoms. The minimum absolute atomic E-state index is 0.0715. The van der Waals surface area contributed by atoms with Crippen molar-refractivity contribution in [3.8, 4) is 0 Å². The highest BCUT2D eigenvalue weighted by Crippen LogP contribution is 2.09. The molecule has 13 heavy (non-hydrogen) atoms. The molecule has 4 nitrogen and oxygen atoms in total. The quantitative estimate of drug-likeness (QED) is 0.533. The van der Waals surface area contributed by atoms with Gasteiger partial charge in [-0.2, -0.15) is 0 Å². The molecule has 0 aromatic carbocycles. The first-order valence-electron chi connectivity index (χ1n) is 4.42. The molecule has 4 heteroatoms. The topological polar surface area (TPSA) is 52.6 Å². The van der Waals surface area contributed by atoms with Crippen LogP contribution in [0, 0.1) is 0 Å². The molecule has 74 valence electrons. The Morgan fingerprint density at radius 3 is 2.92 bits per heavy atom. The molecule has 0 aromatic rings. The number of amides is 1. The number of rotatable bonds is 1. The smallest absolute Gasteiger partial charge is 0.246 e. The summed E-state index contributed by atoms with van der Waals surface area (Å²) in [4.78, 5) is 12.8. The molecular formula is C9H16N2O2. The predicted molar refractivity (Wildman–Crippen MR) is 50.3 cm³/mol. The second-order valence-corrected chi connectivity index (χ2v) is 3.43. The summed E-state index contributed by atoms with van der Waals surface area (Å²) in [5.41, 5.74) is 0.782. The molecule has 1 atom stereocenters. The summed E-state index contributed by atoms with van der Waals surface area (Å²) in [7, 11) is 3.39. The van der Waals surface area contributed by atoms with E-state index in [1.807, 2.05) is 0 Å². The molecule has 0 spiro atoms. The number of hydrogen-bond donors (Lipinski definition) is 2. The molecule has 1 saturated heterocycles. The molecule has 2 N–H and O–H groups in total. The van der Waals surface area contributed by atoms with Crippen molar-refractivity contribution >= 4 is 5.91 Å². The highest BCUT2D eigenvalue weighted by molar-refractivity contribution is 5.88. The SMILES string of the molecule is CN(C)C(=O)/C=C1\CNCCC1O. The van der Waals surface area contributed by atoms with E-state index in [0.29, 0.717) is 13.0 Å². The Bertz CT molecular complexity index is 224. The van der Waals surface area contributed by atoms with Crippen LogP contribution in [0.4, 0.5) is 0 Å². The molecule has 1 heterocycles. The summed E-state index contributed by atoms with van der Waals surface area (Å²) in [5, 5.41) is 12.6. The number of carbonyl (C=O) groups excluding carboxylic acids is 1. The van der Waals surface area contributed by atoms with Gasteiger partial charge < -0.3 is 15.3 Å². The number of hydrogen-bond acceptors (Lipinski definition) is 3. The van der Waals surface area contributed by atoms with Crippen LogP contribution < -0.4 is 5.32 Å². The molecule has 0 radical (unpaired) electrons. The molecule has 1 fully saturated rings. The Balaban J connectivity index is 2.62. The van der Waals surface area contributed by atoms with Crippen LogP contribution in [-0.2, 0) is 4.79 Å². The Labute approximate surface area is 78.2 Å². The van der Waals surface area contributed by atoms with Gasteiger partial charge in [-0.3, -0.25) is 4.79 Å². The average Bonchev–Trinajstić information content (AvgIpc) is 2.08. The zero-order chi connectivity index (χ0) is 9.84. The summed E-state index contributed by atoms with van der Waals surface area (Å²) in [5.74, 6) is -0.0715. The maximum absolute atomic E-state index is 11.3. The van der Waals surface area contributed by atoms with Gasteiger partial charge in [0.15, 0.2) is 0 Å². The number of likely N-dealkylation sites (N-methyl/N-ethyl adjacent to an activating group) is 1. The second-order valence-electron chi connectivity index (χ2n) is 3.43. The Morgan fingerprint density at radius 2 is 2.38 bits per heavy atom. The normalized spacial score (nSPS) is 26.1. The molecule has 0 aromatic heterocycles. The van der Waals surface area contributed by atoms with Gasteiger partial charge in [-0.1, -0.05) is 0 Å². The minimum Gasteiger partial charge on any atom is -0.389 e. The van der Waals surface area contributed by atoms with Crippen molar-refractivity contribution in [2.24, 2.45) is 0 Å². The monoisotopic (exact) mass is 184 g/mol. The van der Waals surface area contributed by atoms with Crippen LogP contribution >= 0.6 is 0 Å². The van der Waals surface area contributed by atoms with Gasteiger partial charge in [0.25, 0.3) is 0 Å². The summed E-state index contributed by atoms with van der Waals surface area (Å²) >= 11 is 0. The summed E-state index contributed by atoms with van der Waals surface area (Å²) in [6.45, 7) is 1.43. The van der Waals surface area contributed by atoms with Crippen molar-refractivity contribution < 1.29 is 9.90 Å². The number of nitrogens with one attached hydrogen (secondary N) is 1. The highest BCUT2D eigenvalue weighted by atomic mass is 16.3. The van der Waals surface area contributed by atoms with Crippen molar-refractivity contribution in [2.75, 3.05) is 27.2 Å². The van der Waals surface area contributed by atoms with E-state index in [4.69, 9.17) is 0 Å². The Kier molecular flexibility index (Phi) is 3.45. The van der Waals surface area contributed by atoms with E-state index in [-0.39, 0.29) is 5.91 Å². The first-order chi connectivity index (χ1) is 6.11. The number of piperidine rings is 1. The van der Waals surface area contributed by atoms with Crippen molar-refractivity contribution in [1.82, 2.24) is 10.2 Å². The fourth-order valence-electron chi connectivity index (χ4n) is 1.21. The van der Waals surface area contributed by atoms with Crippen molar-refractivity contribution in [2.45, 2.75) is 12.5 Å². The van der Waals surface area contributed by atoms with Crippen LogP contribution in [0.3, 0.4) is 0 Å². The van der Waals surface area contributed by atoms with Gasteiger partial charge in [0.05, 0.1) is 6.10 Å². The lowest BCUT2D eigenvalue weighted by molar-refractivity contribution is -0.123. The number of nitrogens with zero attached hydrogens (tertiary/aromatic N) is 1. The third kappa shape index (κ3) is 2.82. The highest BCUT2D eigenvalue weighted by Gasteiger charge is 2.16.